The third-order valence-corrected chi connectivity index (χ3v) is 4.62. The van der Waals surface area contributed by atoms with Gasteiger partial charge in [0.1, 0.15) is 0 Å². The van der Waals surface area contributed by atoms with E-state index in [1.54, 1.807) is 0 Å². The molecular formula is C14H24N4O. The van der Waals surface area contributed by atoms with Crippen LogP contribution in [0.4, 0.5) is 0 Å². The fourth-order valence-corrected chi connectivity index (χ4v) is 3.50. The highest BCUT2D eigenvalue weighted by molar-refractivity contribution is 4.87. The molecule has 0 atom stereocenters. The molecule has 0 amide bonds. The van der Waals surface area contributed by atoms with Gasteiger partial charge < -0.3 is 9.84 Å². The molecule has 0 bridgehead atoms. The predicted molar refractivity (Wildman–Crippen MR) is 72.6 cm³/mol. The van der Waals surface area contributed by atoms with Crippen molar-refractivity contribution in [3.8, 4) is 0 Å². The second kappa shape index (κ2) is 6.01. The molecule has 5 heteroatoms. The quantitative estimate of drug-likeness (QED) is 0.898. The van der Waals surface area contributed by atoms with Gasteiger partial charge in [0.15, 0.2) is 5.82 Å². The van der Waals surface area contributed by atoms with Crippen LogP contribution in [-0.2, 0) is 6.54 Å². The first kappa shape index (κ1) is 13.1. The highest BCUT2D eigenvalue weighted by Crippen LogP contribution is 2.30. The number of piperidine rings is 2. The van der Waals surface area contributed by atoms with E-state index in [0.717, 1.165) is 24.2 Å². The van der Waals surface area contributed by atoms with E-state index in [1.165, 1.54) is 51.9 Å². The highest BCUT2D eigenvalue weighted by Gasteiger charge is 2.27. The molecule has 0 unspecified atom stereocenters. The minimum absolute atomic E-state index is 0.666. The molecule has 0 spiro atoms. The van der Waals surface area contributed by atoms with Gasteiger partial charge in [-0.25, -0.2) is 0 Å². The van der Waals surface area contributed by atoms with Crippen LogP contribution < -0.4 is 5.32 Å². The van der Waals surface area contributed by atoms with E-state index in [9.17, 15) is 0 Å². The molecule has 106 valence electrons. The summed E-state index contributed by atoms with van der Waals surface area (Å²) in [7, 11) is 0. The first-order valence-electron chi connectivity index (χ1n) is 7.53. The molecule has 19 heavy (non-hydrogen) atoms. The fourth-order valence-electron chi connectivity index (χ4n) is 3.50. The maximum atomic E-state index is 5.03. The van der Waals surface area contributed by atoms with Crippen LogP contribution in [0.2, 0.25) is 0 Å². The Morgan fingerprint density at radius 2 is 1.84 bits per heavy atom. The summed E-state index contributed by atoms with van der Waals surface area (Å²) in [5.74, 6) is 3.39. The minimum Gasteiger partial charge on any atom is -0.340 e. The Morgan fingerprint density at radius 1 is 1.16 bits per heavy atom. The first-order valence-corrected chi connectivity index (χ1v) is 7.53. The SMILES string of the molecule is Cc1nc(CN2CCC(C3CCNCC3)CC2)no1. The maximum absolute atomic E-state index is 5.03. The van der Waals surface area contributed by atoms with Crippen LogP contribution in [0.5, 0.6) is 0 Å². The molecule has 0 saturated carbocycles. The van der Waals surface area contributed by atoms with Crippen molar-refractivity contribution in [2.75, 3.05) is 26.2 Å². The molecule has 2 aliphatic rings. The molecule has 3 heterocycles. The van der Waals surface area contributed by atoms with E-state index in [1.807, 2.05) is 6.92 Å². The van der Waals surface area contributed by atoms with E-state index in [0.29, 0.717) is 5.89 Å². The average molecular weight is 264 g/mol. The third kappa shape index (κ3) is 3.34. The Bertz CT molecular complexity index is 392. The largest absolute Gasteiger partial charge is 0.340 e. The number of hydrogen-bond acceptors (Lipinski definition) is 5. The average Bonchev–Trinajstić information content (AvgIpc) is 2.86. The van der Waals surface area contributed by atoms with Crippen LogP contribution >= 0.6 is 0 Å². The Labute approximate surface area is 114 Å². The Morgan fingerprint density at radius 3 is 2.47 bits per heavy atom. The number of rotatable bonds is 3. The standard InChI is InChI=1S/C14H24N4O/c1-11-16-14(17-19-11)10-18-8-4-13(5-9-18)12-2-6-15-7-3-12/h12-13,15H,2-10H2,1H3. The zero-order valence-corrected chi connectivity index (χ0v) is 11.8. The van der Waals surface area contributed by atoms with E-state index < -0.39 is 0 Å². The molecule has 2 fully saturated rings. The summed E-state index contributed by atoms with van der Waals surface area (Å²) in [6.07, 6.45) is 5.41. The summed E-state index contributed by atoms with van der Waals surface area (Å²) in [5.41, 5.74) is 0. The van der Waals surface area contributed by atoms with Crippen molar-refractivity contribution in [3.63, 3.8) is 0 Å². The first-order chi connectivity index (χ1) is 9.31. The number of aryl methyl sites for hydroxylation is 1. The number of nitrogens with one attached hydrogen (secondary N) is 1. The second-order valence-electron chi connectivity index (χ2n) is 5.93. The molecule has 5 nitrogen and oxygen atoms in total. The maximum Gasteiger partial charge on any atom is 0.223 e. The summed E-state index contributed by atoms with van der Waals surface area (Å²) in [6.45, 7) is 7.49. The molecule has 0 aromatic carbocycles. The Hall–Kier alpha value is -0.940. The number of likely N-dealkylation sites (tertiary alicyclic amines) is 1. The monoisotopic (exact) mass is 264 g/mol. The molecular weight excluding hydrogens is 240 g/mol. The fraction of sp³-hybridized carbons (Fsp3) is 0.857. The van der Waals surface area contributed by atoms with Crippen LogP contribution in [0.3, 0.4) is 0 Å². The van der Waals surface area contributed by atoms with E-state index in [2.05, 4.69) is 20.4 Å². The third-order valence-electron chi connectivity index (χ3n) is 4.62. The summed E-state index contributed by atoms with van der Waals surface area (Å²) >= 11 is 0. The van der Waals surface area contributed by atoms with Gasteiger partial charge in [0.05, 0.1) is 6.54 Å². The minimum atomic E-state index is 0.666. The van der Waals surface area contributed by atoms with E-state index >= 15 is 0 Å². The molecule has 0 aliphatic carbocycles. The van der Waals surface area contributed by atoms with Crippen LogP contribution in [0.1, 0.15) is 37.4 Å². The van der Waals surface area contributed by atoms with Gasteiger partial charge in [-0.15, -0.1) is 0 Å². The van der Waals surface area contributed by atoms with Crippen molar-refractivity contribution in [2.24, 2.45) is 11.8 Å². The van der Waals surface area contributed by atoms with Gasteiger partial charge in [-0.3, -0.25) is 4.90 Å². The zero-order valence-electron chi connectivity index (χ0n) is 11.8. The Balaban J connectivity index is 1.46. The van der Waals surface area contributed by atoms with Gasteiger partial charge in [0, 0.05) is 6.92 Å². The lowest BCUT2D eigenvalue weighted by Crippen LogP contribution is -2.39. The lowest BCUT2D eigenvalue weighted by Gasteiger charge is -2.37. The number of aromatic nitrogens is 2. The van der Waals surface area contributed by atoms with Crippen LogP contribution in [0.25, 0.3) is 0 Å². The predicted octanol–water partition coefficient (Wildman–Crippen LogP) is 1.59. The molecule has 3 rings (SSSR count). The van der Waals surface area contributed by atoms with Crippen molar-refractivity contribution < 1.29 is 4.52 Å². The van der Waals surface area contributed by atoms with Crippen LogP contribution in [0, 0.1) is 18.8 Å². The van der Waals surface area contributed by atoms with Gasteiger partial charge >= 0.3 is 0 Å². The van der Waals surface area contributed by atoms with Crippen molar-refractivity contribution in [3.05, 3.63) is 11.7 Å². The van der Waals surface area contributed by atoms with Crippen molar-refractivity contribution in [1.29, 1.82) is 0 Å². The number of hydrogen-bond donors (Lipinski definition) is 1. The highest BCUT2D eigenvalue weighted by atomic mass is 16.5. The van der Waals surface area contributed by atoms with Crippen molar-refractivity contribution in [2.45, 2.75) is 39.2 Å². The van der Waals surface area contributed by atoms with Gasteiger partial charge in [-0.05, 0) is 63.7 Å². The molecule has 1 N–H and O–H groups in total. The smallest absolute Gasteiger partial charge is 0.223 e. The normalized spacial score (nSPS) is 23.8. The number of nitrogens with zero attached hydrogens (tertiary/aromatic N) is 3. The molecule has 1 aromatic rings. The molecule has 2 aliphatic heterocycles. The summed E-state index contributed by atoms with van der Waals surface area (Å²) in [4.78, 5) is 6.75. The zero-order chi connectivity index (χ0) is 13.1. The molecule has 0 radical (unpaired) electrons. The second-order valence-corrected chi connectivity index (χ2v) is 5.93. The summed E-state index contributed by atoms with van der Waals surface area (Å²) in [6, 6.07) is 0. The van der Waals surface area contributed by atoms with Crippen LogP contribution in [0.15, 0.2) is 4.52 Å². The molecule has 2 saturated heterocycles. The van der Waals surface area contributed by atoms with E-state index in [4.69, 9.17) is 4.52 Å². The van der Waals surface area contributed by atoms with Gasteiger partial charge in [0.2, 0.25) is 5.89 Å². The van der Waals surface area contributed by atoms with Gasteiger partial charge in [0.25, 0.3) is 0 Å². The van der Waals surface area contributed by atoms with Gasteiger partial charge in [-0.1, -0.05) is 5.16 Å². The summed E-state index contributed by atoms with van der Waals surface area (Å²) < 4.78 is 5.03. The lowest BCUT2D eigenvalue weighted by molar-refractivity contribution is 0.123. The van der Waals surface area contributed by atoms with Gasteiger partial charge in [-0.2, -0.15) is 4.98 Å². The molecule has 1 aromatic heterocycles. The van der Waals surface area contributed by atoms with Crippen molar-refractivity contribution in [1.82, 2.24) is 20.4 Å². The van der Waals surface area contributed by atoms with Crippen molar-refractivity contribution >= 4 is 0 Å². The topological polar surface area (TPSA) is 54.2 Å². The van der Waals surface area contributed by atoms with E-state index in [-0.39, 0.29) is 0 Å². The lowest BCUT2D eigenvalue weighted by atomic mass is 9.79. The van der Waals surface area contributed by atoms with Crippen LogP contribution in [-0.4, -0.2) is 41.2 Å². The summed E-state index contributed by atoms with van der Waals surface area (Å²) in [5, 5.41) is 7.44. The Kier molecular flexibility index (Phi) is 4.13.